The summed E-state index contributed by atoms with van der Waals surface area (Å²) in [6.07, 6.45) is 5.05. The fourth-order valence-corrected chi connectivity index (χ4v) is 5.27. The molecule has 2 aromatic rings. The standard InChI is InChI=1S/C18H20N4O3S/c23-16-9-25-4-3-22(16)17-5-10-8-19-14(7-15(10)26-17)18(24)21-13-6-11-1-2-12(13)20-11/h5,7-8,11-13,20H,1-4,6,9H2,(H,21,24)/t11-,12+,13-/m1/s1. The summed E-state index contributed by atoms with van der Waals surface area (Å²) in [5.41, 5.74) is 0.432. The second kappa shape index (κ2) is 6.29. The minimum atomic E-state index is -0.122. The number of pyridine rings is 1. The second-order valence-electron chi connectivity index (χ2n) is 7.15. The zero-order chi connectivity index (χ0) is 17.7. The number of morpholine rings is 1. The van der Waals surface area contributed by atoms with E-state index in [2.05, 4.69) is 15.6 Å². The summed E-state index contributed by atoms with van der Waals surface area (Å²) in [7, 11) is 0. The van der Waals surface area contributed by atoms with E-state index in [4.69, 9.17) is 4.74 Å². The summed E-state index contributed by atoms with van der Waals surface area (Å²) in [5.74, 6) is -0.152. The van der Waals surface area contributed by atoms with Crippen LogP contribution in [0.1, 0.15) is 29.8 Å². The van der Waals surface area contributed by atoms with Crippen LogP contribution in [0.2, 0.25) is 0 Å². The molecule has 8 heteroatoms. The number of hydrogen-bond acceptors (Lipinski definition) is 6. The van der Waals surface area contributed by atoms with Crippen LogP contribution >= 0.6 is 11.3 Å². The first-order valence-electron chi connectivity index (χ1n) is 9.02. The van der Waals surface area contributed by atoms with Gasteiger partial charge in [0.1, 0.15) is 12.3 Å². The van der Waals surface area contributed by atoms with E-state index in [1.165, 1.54) is 17.8 Å². The fourth-order valence-electron chi connectivity index (χ4n) is 4.15. The fraction of sp³-hybridized carbons (Fsp3) is 0.500. The van der Waals surface area contributed by atoms with Gasteiger partial charge in [-0.25, -0.2) is 0 Å². The molecular formula is C18H20N4O3S. The first kappa shape index (κ1) is 16.2. The number of thiophene rings is 1. The number of rotatable bonds is 3. The van der Waals surface area contributed by atoms with E-state index in [0.29, 0.717) is 30.9 Å². The number of hydrogen-bond donors (Lipinski definition) is 2. The number of amides is 2. The minimum absolute atomic E-state index is 0.0301. The Morgan fingerprint density at radius 3 is 3.08 bits per heavy atom. The van der Waals surface area contributed by atoms with Crippen LogP contribution in [0, 0.1) is 0 Å². The minimum Gasteiger partial charge on any atom is -0.370 e. The summed E-state index contributed by atoms with van der Waals surface area (Å²) >= 11 is 1.51. The largest absolute Gasteiger partial charge is 0.370 e. The maximum absolute atomic E-state index is 12.6. The van der Waals surface area contributed by atoms with Gasteiger partial charge >= 0.3 is 0 Å². The quantitative estimate of drug-likeness (QED) is 0.848. The third-order valence-electron chi connectivity index (χ3n) is 5.49. The molecule has 0 aliphatic carbocycles. The van der Waals surface area contributed by atoms with Crippen molar-refractivity contribution >= 4 is 38.2 Å². The van der Waals surface area contributed by atoms with Gasteiger partial charge in [0.15, 0.2) is 0 Å². The Kier molecular flexibility index (Phi) is 3.91. The molecule has 3 atom stereocenters. The van der Waals surface area contributed by atoms with Crippen molar-refractivity contribution in [1.82, 2.24) is 15.6 Å². The molecule has 0 spiro atoms. The SMILES string of the molecule is O=C(N[C@@H]1C[C@H]2CC[C@@H]1N2)c1cc2sc(N3CCOCC3=O)cc2cn1. The number of ether oxygens (including phenoxy) is 1. The van der Waals surface area contributed by atoms with Crippen LogP contribution in [0.5, 0.6) is 0 Å². The Balaban J connectivity index is 1.36. The number of carbonyl (C=O) groups excluding carboxylic acids is 2. The van der Waals surface area contributed by atoms with Gasteiger partial charge in [-0.3, -0.25) is 19.5 Å². The van der Waals surface area contributed by atoms with Crippen molar-refractivity contribution in [2.75, 3.05) is 24.7 Å². The average molecular weight is 372 g/mol. The number of nitrogens with zero attached hydrogens (tertiary/aromatic N) is 2. The first-order valence-corrected chi connectivity index (χ1v) is 9.83. The zero-order valence-electron chi connectivity index (χ0n) is 14.2. The summed E-state index contributed by atoms with van der Waals surface area (Å²) < 4.78 is 6.15. The van der Waals surface area contributed by atoms with Crippen molar-refractivity contribution < 1.29 is 14.3 Å². The lowest BCUT2D eigenvalue weighted by molar-refractivity contribution is -0.125. The van der Waals surface area contributed by atoms with Crippen molar-refractivity contribution in [2.24, 2.45) is 0 Å². The molecule has 0 unspecified atom stereocenters. The number of carbonyl (C=O) groups is 2. The van der Waals surface area contributed by atoms with Crippen LogP contribution in [-0.2, 0) is 9.53 Å². The van der Waals surface area contributed by atoms with E-state index in [1.807, 2.05) is 12.1 Å². The van der Waals surface area contributed by atoms with Crippen LogP contribution in [0.25, 0.3) is 10.1 Å². The number of fused-ring (bicyclic) bond motifs is 3. The monoisotopic (exact) mass is 372 g/mol. The van der Waals surface area contributed by atoms with Gasteiger partial charge in [0.05, 0.1) is 18.2 Å². The molecule has 5 rings (SSSR count). The highest BCUT2D eigenvalue weighted by molar-refractivity contribution is 7.23. The lowest BCUT2D eigenvalue weighted by Crippen LogP contribution is -2.43. The highest BCUT2D eigenvalue weighted by Gasteiger charge is 2.39. The highest BCUT2D eigenvalue weighted by Crippen LogP contribution is 2.33. The summed E-state index contributed by atoms with van der Waals surface area (Å²) in [5, 5.41) is 8.48. The van der Waals surface area contributed by atoms with Crippen molar-refractivity contribution in [2.45, 2.75) is 37.4 Å². The summed E-state index contributed by atoms with van der Waals surface area (Å²) in [6, 6.07) is 4.92. The van der Waals surface area contributed by atoms with E-state index in [-0.39, 0.29) is 24.5 Å². The van der Waals surface area contributed by atoms with Crippen LogP contribution in [0.15, 0.2) is 18.3 Å². The molecule has 0 saturated carbocycles. The molecule has 5 heterocycles. The molecule has 2 amide bonds. The molecule has 3 fully saturated rings. The number of aromatic nitrogens is 1. The van der Waals surface area contributed by atoms with Crippen LogP contribution < -0.4 is 15.5 Å². The van der Waals surface area contributed by atoms with Crippen molar-refractivity contribution in [3.8, 4) is 0 Å². The Morgan fingerprint density at radius 2 is 2.31 bits per heavy atom. The third kappa shape index (κ3) is 2.78. The maximum Gasteiger partial charge on any atom is 0.270 e. The third-order valence-corrected chi connectivity index (χ3v) is 6.61. The molecule has 136 valence electrons. The number of anilines is 1. The maximum atomic E-state index is 12.6. The van der Waals surface area contributed by atoms with Gasteiger partial charge in [-0.15, -0.1) is 11.3 Å². The zero-order valence-corrected chi connectivity index (χ0v) is 15.1. The predicted octanol–water partition coefficient (Wildman–Crippen LogP) is 1.28. The summed E-state index contributed by atoms with van der Waals surface area (Å²) in [6.45, 7) is 1.23. The lowest BCUT2D eigenvalue weighted by Gasteiger charge is -2.25. The highest BCUT2D eigenvalue weighted by atomic mass is 32.1. The molecule has 2 bridgehead atoms. The molecule has 0 radical (unpaired) electrons. The molecule has 3 aliphatic rings. The predicted molar refractivity (Wildman–Crippen MR) is 98.6 cm³/mol. The van der Waals surface area contributed by atoms with Crippen LogP contribution in [0.4, 0.5) is 5.00 Å². The molecule has 2 aromatic heterocycles. The Labute approximate surface area is 154 Å². The van der Waals surface area contributed by atoms with E-state index in [1.54, 1.807) is 11.1 Å². The van der Waals surface area contributed by atoms with E-state index < -0.39 is 0 Å². The Morgan fingerprint density at radius 1 is 1.38 bits per heavy atom. The summed E-state index contributed by atoms with van der Waals surface area (Å²) in [4.78, 5) is 30.7. The van der Waals surface area contributed by atoms with E-state index >= 15 is 0 Å². The van der Waals surface area contributed by atoms with E-state index in [0.717, 1.165) is 27.9 Å². The van der Waals surface area contributed by atoms with Gasteiger partial charge in [0, 0.05) is 34.4 Å². The smallest absolute Gasteiger partial charge is 0.270 e. The Bertz CT molecular complexity index is 882. The Hall–Kier alpha value is -2.03. The van der Waals surface area contributed by atoms with Crippen molar-refractivity contribution in [3.63, 3.8) is 0 Å². The topological polar surface area (TPSA) is 83.6 Å². The van der Waals surface area contributed by atoms with Gasteiger partial charge in [0.2, 0.25) is 0 Å². The molecule has 0 aromatic carbocycles. The van der Waals surface area contributed by atoms with Gasteiger partial charge < -0.3 is 15.4 Å². The van der Waals surface area contributed by atoms with Crippen LogP contribution in [-0.4, -0.2) is 54.7 Å². The van der Waals surface area contributed by atoms with Gasteiger partial charge in [-0.2, -0.15) is 0 Å². The average Bonchev–Trinajstić information content (AvgIpc) is 3.36. The van der Waals surface area contributed by atoms with Crippen LogP contribution in [0.3, 0.4) is 0 Å². The molecule has 7 nitrogen and oxygen atoms in total. The first-order chi connectivity index (χ1) is 12.7. The van der Waals surface area contributed by atoms with Gasteiger partial charge in [0.25, 0.3) is 11.8 Å². The lowest BCUT2D eigenvalue weighted by atomic mass is 9.95. The molecular weight excluding hydrogens is 352 g/mol. The van der Waals surface area contributed by atoms with Crippen molar-refractivity contribution in [1.29, 1.82) is 0 Å². The normalized spacial score (nSPS) is 28.1. The molecule has 3 aliphatic heterocycles. The molecule has 3 saturated heterocycles. The second-order valence-corrected chi connectivity index (χ2v) is 8.22. The van der Waals surface area contributed by atoms with Crippen molar-refractivity contribution in [3.05, 3.63) is 24.0 Å². The van der Waals surface area contributed by atoms with E-state index in [9.17, 15) is 9.59 Å². The number of nitrogens with one attached hydrogen (secondary N) is 2. The van der Waals surface area contributed by atoms with Gasteiger partial charge in [-0.05, 0) is 31.4 Å². The van der Waals surface area contributed by atoms with Gasteiger partial charge in [-0.1, -0.05) is 0 Å². The molecule has 26 heavy (non-hydrogen) atoms. The molecule has 2 N–H and O–H groups in total.